The van der Waals surface area contributed by atoms with Gasteiger partial charge in [-0.2, -0.15) is 0 Å². The highest BCUT2D eigenvalue weighted by atomic mass is 16.3. The van der Waals surface area contributed by atoms with E-state index in [1.54, 1.807) is 0 Å². The first kappa shape index (κ1) is 13.0. The standard InChI is InChI=1S/C13H22N2O/c1-9(2)12(8-16)15-13-10(3)5-4-6-11(13)7-14/h4-6,9,12,15-16H,7-8,14H2,1-3H3. The van der Waals surface area contributed by atoms with Crippen molar-refractivity contribution in [1.29, 1.82) is 0 Å². The summed E-state index contributed by atoms with van der Waals surface area (Å²) < 4.78 is 0. The van der Waals surface area contributed by atoms with Crippen molar-refractivity contribution in [2.75, 3.05) is 11.9 Å². The van der Waals surface area contributed by atoms with Gasteiger partial charge in [0.05, 0.1) is 12.6 Å². The molecule has 16 heavy (non-hydrogen) atoms. The topological polar surface area (TPSA) is 58.3 Å². The summed E-state index contributed by atoms with van der Waals surface area (Å²) in [7, 11) is 0. The number of para-hydroxylation sites is 1. The Kier molecular flexibility index (Phi) is 4.77. The molecule has 0 bridgehead atoms. The van der Waals surface area contributed by atoms with Crippen LogP contribution in [0.15, 0.2) is 18.2 Å². The monoisotopic (exact) mass is 222 g/mol. The van der Waals surface area contributed by atoms with Gasteiger partial charge in [-0.05, 0) is 24.0 Å². The molecule has 0 aliphatic carbocycles. The number of anilines is 1. The summed E-state index contributed by atoms with van der Waals surface area (Å²) in [5, 5.41) is 12.7. The molecular formula is C13H22N2O. The predicted molar refractivity (Wildman–Crippen MR) is 68.4 cm³/mol. The lowest BCUT2D eigenvalue weighted by molar-refractivity contribution is 0.249. The number of hydrogen-bond donors (Lipinski definition) is 3. The minimum Gasteiger partial charge on any atom is -0.394 e. The lowest BCUT2D eigenvalue weighted by Gasteiger charge is -2.24. The van der Waals surface area contributed by atoms with E-state index in [1.165, 1.54) is 5.56 Å². The molecule has 4 N–H and O–H groups in total. The molecular weight excluding hydrogens is 200 g/mol. The smallest absolute Gasteiger partial charge is 0.0635 e. The molecule has 0 heterocycles. The number of aryl methyl sites for hydroxylation is 1. The van der Waals surface area contributed by atoms with Crippen LogP contribution in [0.4, 0.5) is 5.69 Å². The van der Waals surface area contributed by atoms with Crippen LogP contribution in [0.1, 0.15) is 25.0 Å². The maximum absolute atomic E-state index is 9.32. The molecule has 0 saturated heterocycles. The summed E-state index contributed by atoms with van der Waals surface area (Å²) in [4.78, 5) is 0. The highest BCUT2D eigenvalue weighted by molar-refractivity contribution is 5.57. The summed E-state index contributed by atoms with van der Waals surface area (Å²) in [6.07, 6.45) is 0. The minimum absolute atomic E-state index is 0.0754. The highest BCUT2D eigenvalue weighted by Crippen LogP contribution is 2.22. The third-order valence-corrected chi connectivity index (χ3v) is 2.91. The number of nitrogens with one attached hydrogen (secondary N) is 1. The molecule has 0 spiro atoms. The van der Waals surface area contributed by atoms with Gasteiger partial charge < -0.3 is 16.2 Å². The van der Waals surface area contributed by atoms with Crippen molar-refractivity contribution in [3.8, 4) is 0 Å². The van der Waals surface area contributed by atoms with E-state index in [9.17, 15) is 5.11 Å². The number of aliphatic hydroxyl groups is 1. The molecule has 0 aliphatic rings. The molecule has 90 valence electrons. The van der Waals surface area contributed by atoms with Crippen LogP contribution in [0.3, 0.4) is 0 Å². The second-order valence-electron chi connectivity index (χ2n) is 4.49. The fraction of sp³-hybridized carbons (Fsp3) is 0.538. The van der Waals surface area contributed by atoms with Crippen LogP contribution in [0.25, 0.3) is 0 Å². The molecule has 0 aliphatic heterocycles. The van der Waals surface area contributed by atoms with Gasteiger partial charge in [-0.1, -0.05) is 32.0 Å². The van der Waals surface area contributed by atoms with Crippen molar-refractivity contribution in [1.82, 2.24) is 0 Å². The SMILES string of the molecule is Cc1cccc(CN)c1NC(CO)C(C)C. The van der Waals surface area contributed by atoms with Crippen molar-refractivity contribution in [2.24, 2.45) is 11.7 Å². The van der Waals surface area contributed by atoms with Crippen molar-refractivity contribution in [2.45, 2.75) is 33.4 Å². The van der Waals surface area contributed by atoms with Gasteiger partial charge in [0.2, 0.25) is 0 Å². The van der Waals surface area contributed by atoms with Crippen LogP contribution in [-0.4, -0.2) is 17.8 Å². The first-order chi connectivity index (χ1) is 7.60. The third-order valence-electron chi connectivity index (χ3n) is 2.91. The van der Waals surface area contributed by atoms with E-state index < -0.39 is 0 Å². The van der Waals surface area contributed by atoms with E-state index in [4.69, 9.17) is 5.73 Å². The Morgan fingerprint density at radius 3 is 2.56 bits per heavy atom. The van der Waals surface area contributed by atoms with E-state index in [0.29, 0.717) is 12.5 Å². The zero-order chi connectivity index (χ0) is 12.1. The maximum Gasteiger partial charge on any atom is 0.0635 e. The summed E-state index contributed by atoms with van der Waals surface area (Å²) in [5.41, 5.74) is 9.04. The fourth-order valence-corrected chi connectivity index (χ4v) is 1.71. The van der Waals surface area contributed by atoms with Crippen LogP contribution >= 0.6 is 0 Å². The van der Waals surface area contributed by atoms with Gasteiger partial charge in [0, 0.05) is 12.2 Å². The average Bonchev–Trinajstić information content (AvgIpc) is 2.26. The van der Waals surface area contributed by atoms with Crippen LogP contribution in [0.5, 0.6) is 0 Å². The molecule has 0 aromatic heterocycles. The van der Waals surface area contributed by atoms with Gasteiger partial charge in [0.15, 0.2) is 0 Å². The van der Waals surface area contributed by atoms with E-state index >= 15 is 0 Å². The van der Waals surface area contributed by atoms with Gasteiger partial charge in [-0.3, -0.25) is 0 Å². The minimum atomic E-state index is 0.0754. The normalized spacial score (nSPS) is 12.9. The summed E-state index contributed by atoms with van der Waals surface area (Å²) in [5.74, 6) is 0.384. The van der Waals surface area contributed by atoms with Gasteiger partial charge >= 0.3 is 0 Å². The van der Waals surface area contributed by atoms with Crippen molar-refractivity contribution >= 4 is 5.69 Å². The molecule has 1 rings (SSSR count). The Labute approximate surface area is 97.7 Å². The highest BCUT2D eigenvalue weighted by Gasteiger charge is 2.14. The quantitative estimate of drug-likeness (QED) is 0.713. The number of benzene rings is 1. The van der Waals surface area contributed by atoms with Crippen molar-refractivity contribution < 1.29 is 5.11 Å². The van der Waals surface area contributed by atoms with Crippen molar-refractivity contribution in [3.63, 3.8) is 0 Å². The molecule has 3 nitrogen and oxygen atoms in total. The lowest BCUT2D eigenvalue weighted by atomic mass is 10.0. The number of rotatable bonds is 5. The summed E-state index contributed by atoms with van der Waals surface area (Å²) >= 11 is 0. The zero-order valence-corrected chi connectivity index (χ0v) is 10.3. The van der Waals surface area contributed by atoms with E-state index in [2.05, 4.69) is 32.2 Å². The third kappa shape index (κ3) is 2.97. The summed E-state index contributed by atoms with van der Waals surface area (Å²) in [6, 6.07) is 6.15. The Morgan fingerprint density at radius 2 is 2.06 bits per heavy atom. The van der Waals surface area contributed by atoms with Crippen LogP contribution < -0.4 is 11.1 Å². The van der Waals surface area contributed by atoms with Crippen LogP contribution in [0.2, 0.25) is 0 Å². The van der Waals surface area contributed by atoms with Gasteiger partial charge in [-0.15, -0.1) is 0 Å². The second kappa shape index (κ2) is 5.87. The Bertz CT molecular complexity index is 337. The predicted octanol–water partition coefficient (Wildman–Crippen LogP) is 1.88. The molecule has 1 aromatic carbocycles. The Balaban J connectivity index is 2.94. The molecule has 1 unspecified atom stereocenters. The van der Waals surface area contributed by atoms with Gasteiger partial charge in [-0.25, -0.2) is 0 Å². The molecule has 1 atom stereocenters. The zero-order valence-electron chi connectivity index (χ0n) is 10.3. The number of nitrogens with two attached hydrogens (primary N) is 1. The molecule has 3 heteroatoms. The first-order valence-electron chi connectivity index (χ1n) is 5.76. The largest absolute Gasteiger partial charge is 0.394 e. The van der Waals surface area contributed by atoms with Crippen LogP contribution in [-0.2, 0) is 6.54 Å². The van der Waals surface area contributed by atoms with E-state index in [1.807, 2.05) is 12.1 Å². The molecule has 0 saturated carbocycles. The fourth-order valence-electron chi connectivity index (χ4n) is 1.71. The van der Waals surface area contributed by atoms with Crippen LogP contribution in [0, 0.1) is 12.8 Å². The lowest BCUT2D eigenvalue weighted by Crippen LogP contribution is -2.30. The van der Waals surface area contributed by atoms with Gasteiger partial charge in [0.25, 0.3) is 0 Å². The molecule has 0 radical (unpaired) electrons. The average molecular weight is 222 g/mol. The molecule has 1 aromatic rings. The molecule has 0 amide bonds. The van der Waals surface area contributed by atoms with Crippen molar-refractivity contribution in [3.05, 3.63) is 29.3 Å². The number of hydrogen-bond acceptors (Lipinski definition) is 3. The van der Waals surface area contributed by atoms with E-state index in [-0.39, 0.29) is 12.6 Å². The first-order valence-corrected chi connectivity index (χ1v) is 5.76. The number of aliphatic hydroxyl groups excluding tert-OH is 1. The Hall–Kier alpha value is -1.06. The summed E-state index contributed by atoms with van der Waals surface area (Å²) in [6.45, 7) is 6.88. The van der Waals surface area contributed by atoms with E-state index in [0.717, 1.165) is 11.3 Å². The Morgan fingerprint density at radius 1 is 1.38 bits per heavy atom. The molecule has 0 fully saturated rings. The maximum atomic E-state index is 9.32. The van der Waals surface area contributed by atoms with Gasteiger partial charge in [0.1, 0.15) is 0 Å². The second-order valence-corrected chi connectivity index (χ2v) is 4.49.